The fourth-order valence-corrected chi connectivity index (χ4v) is 5.46. The Kier molecular flexibility index (Phi) is 7.51. The Hall–Kier alpha value is -2.93. The zero-order valence-corrected chi connectivity index (χ0v) is 21.2. The highest BCUT2D eigenvalue weighted by molar-refractivity contribution is 7.17. The van der Waals surface area contributed by atoms with Crippen LogP contribution in [0.15, 0.2) is 48.7 Å². The van der Waals surface area contributed by atoms with Crippen LogP contribution in [0.2, 0.25) is 0 Å². The monoisotopic (exact) mass is 479 g/mol. The SMILES string of the molecule is CCOC(=O)c1cn(-c2ccc(-c3ccccc3)s2)nc1N(C(=O)C1CCC(C)CC1)C(C)C. The summed E-state index contributed by atoms with van der Waals surface area (Å²) in [5, 5.41) is 5.65. The smallest absolute Gasteiger partial charge is 0.343 e. The van der Waals surface area contributed by atoms with Gasteiger partial charge in [0.15, 0.2) is 5.82 Å². The highest BCUT2D eigenvalue weighted by atomic mass is 32.1. The summed E-state index contributed by atoms with van der Waals surface area (Å²) in [4.78, 5) is 29.4. The van der Waals surface area contributed by atoms with E-state index in [0.29, 0.717) is 17.3 Å². The van der Waals surface area contributed by atoms with Gasteiger partial charge >= 0.3 is 5.97 Å². The van der Waals surface area contributed by atoms with Gasteiger partial charge in [0.25, 0.3) is 0 Å². The molecule has 0 unspecified atom stereocenters. The van der Waals surface area contributed by atoms with Crippen molar-refractivity contribution < 1.29 is 14.3 Å². The Balaban J connectivity index is 1.71. The first kappa shape index (κ1) is 24.2. The minimum absolute atomic E-state index is 0.0368. The van der Waals surface area contributed by atoms with E-state index in [1.807, 2.05) is 38.1 Å². The van der Waals surface area contributed by atoms with Gasteiger partial charge in [-0.1, -0.05) is 37.3 Å². The fourth-order valence-electron chi connectivity index (χ4n) is 4.52. The molecule has 4 rings (SSSR count). The van der Waals surface area contributed by atoms with Gasteiger partial charge in [0.2, 0.25) is 5.91 Å². The van der Waals surface area contributed by atoms with E-state index in [0.717, 1.165) is 41.1 Å². The van der Waals surface area contributed by atoms with Gasteiger partial charge in [-0.15, -0.1) is 16.4 Å². The van der Waals surface area contributed by atoms with Gasteiger partial charge in [0.05, 0.1) is 6.61 Å². The van der Waals surface area contributed by atoms with Crippen LogP contribution in [-0.4, -0.2) is 34.3 Å². The molecule has 1 saturated carbocycles. The molecule has 0 aliphatic heterocycles. The van der Waals surface area contributed by atoms with Crippen molar-refractivity contribution in [1.82, 2.24) is 9.78 Å². The second-order valence-corrected chi connectivity index (χ2v) is 10.4. The summed E-state index contributed by atoms with van der Waals surface area (Å²) in [6, 6.07) is 14.1. The summed E-state index contributed by atoms with van der Waals surface area (Å²) in [5.74, 6) is 0.591. The summed E-state index contributed by atoms with van der Waals surface area (Å²) in [7, 11) is 0. The fraction of sp³-hybridized carbons (Fsp3) is 0.444. The molecule has 1 aliphatic rings. The molecule has 180 valence electrons. The molecule has 1 aromatic carbocycles. The second kappa shape index (κ2) is 10.6. The predicted octanol–water partition coefficient (Wildman–Crippen LogP) is 6.35. The third-order valence-corrected chi connectivity index (χ3v) is 7.54. The van der Waals surface area contributed by atoms with Crippen molar-refractivity contribution in [3.8, 4) is 15.4 Å². The lowest BCUT2D eigenvalue weighted by Crippen LogP contribution is -2.43. The summed E-state index contributed by atoms with van der Waals surface area (Å²) < 4.78 is 7.03. The van der Waals surface area contributed by atoms with E-state index >= 15 is 0 Å². The van der Waals surface area contributed by atoms with E-state index in [1.165, 1.54) is 0 Å². The Morgan fingerprint density at radius 1 is 1.12 bits per heavy atom. The molecule has 0 bridgehead atoms. The Morgan fingerprint density at radius 3 is 2.47 bits per heavy atom. The Morgan fingerprint density at radius 2 is 1.82 bits per heavy atom. The van der Waals surface area contributed by atoms with Crippen molar-refractivity contribution in [1.29, 1.82) is 0 Å². The van der Waals surface area contributed by atoms with Gasteiger partial charge in [-0.25, -0.2) is 9.48 Å². The van der Waals surface area contributed by atoms with Gasteiger partial charge in [0.1, 0.15) is 10.6 Å². The van der Waals surface area contributed by atoms with E-state index in [4.69, 9.17) is 9.84 Å². The van der Waals surface area contributed by atoms with Crippen LogP contribution in [0.4, 0.5) is 5.82 Å². The summed E-state index contributed by atoms with van der Waals surface area (Å²) in [5.41, 5.74) is 1.45. The maximum atomic E-state index is 13.6. The van der Waals surface area contributed by atoms with Crippen molar-refractivity contribution in [3.05, 3.63) is 54.2 Å². The number of carbonyl (C=O) groups is 2. The van der Waals surface area contributed by atoms with Crippen molar-refractivity contribution in [3.63, 3.8) is 0 Å². The topological polar surface area (TPSA) is 64.4 Å². The van der Waals surface area contributed by atoms with Crippen LogP contribution in [0.1, 0.15) is 63.7 Å². The molecule has 1 fully saturated rings. The number of esters is 1. The zero-order valence-electron chi connectivity index (χ0n) is 20.4. The first-order chi connectivity index (χ1) is 16.4. The van der Waals surface area contributed by atoms with E-state index in [-0.39, 0.29) is 24.5 Å². The van der Waals surface area contributed by atoms with Crippen molar-refractivity contribution in [2.75, 3.05) is 11.5 Å². The van der Waals surface area contributed by atoms with Crippen LogP contribution in [0.3, 0.4) is 0 Å². The maximum Gasteiger partial charge on any atom is 0.343 e. The van der Waals surface area contributed by atoms with Gasteiger partial charge in [0, 0.05) is 23.0 Å². The van der Waals surface area contributed by atoms with E-state index < -0.39 is 5.97 Å². The number of aromatic nitrogens is 2. The molecular weight excluding hydrogens is 446 g/mol. The standard InChI is InChI=1S/C27H33N3O3S/c1-5-33-27(32)22-17-29(24-16-15-23(34-24)20-9-7-6-8-10-20)28-25(22)30(18(2)3)26(31)21-13-11-19(4)12-14-21/h6-10,15-19,21H,5,11-14H2,1-4H3. The minimum atomic E-state index is -0.459. The molecule has 0 atom stereocenters. The van der Waals surface area contributed by atoms with Crippen molar-refractivity contribution >= 4 is 29.0 Å². The molecule has 0 spiro atoms. The maximum absolute atomic E-state index is 13.6. The summed E-state index contributed by atoms with van der Waals surface area (Å²) in [6.07, 6.45) is 5.56. The first-order valence-corrected chi connectivity index (χ1v) is 13.0. The molecule has 0 radical (unpaired) electrons. The van der Waals surface area contributed by atoms with Crippen LogP contribution in [0.25, 0.3) is 15.4 Å². The zero-order chi connectivity index (χ0) is 24.2. The number of hydrogen-bond donors (Lipinski definition) is 0. The average molecular weight is 480 g/mol. The van der Waals surface area contributed by atoms with Gasteiger partial charge in [-0.3, -0.25) is 9.69 Å². The molecule has 2 heterocycles. The van der Waals surface area contributed by atoms with Crippen molar-refractivity contribution in [2.45, 2.75) is 59.4 Å². The van der Waals surface area contributed by atoms with Gasteiger partial charge in [-0.2, -0.15) is 0 Å². The number of thiophene rings is 1. The first-order valence-electron chi connectivity index (χ1n) is 12.1. The quantitative estimate of drug-likeness (QED) is 0.371. The predicted molar refractivity (Wildman–Crippen MR) is 137 cm³/mol. The lowest BCUT2D eigenvalue weighted by atomic mass is 9.82. The Labute approximate surface area is 205 Å². The van der Waals surface area contributed by atoms with E-state index in [2.05, 4.69) is 25.1 Å². The third kappa shape index (κ3) is 5.09. The molecule has 6 nitrogen and oxygen atoms in total. The molecule has 0 N–H and O–H groups in total. The molecule has 3 aromatic rings. The number of ether oxygens (including phenoxy) is 1. The minimum Gasteiger partial charge on any atom is -0.462 e. The lowest BCUT2D eigenvalue weighted by Gasteiger charge is -2.32. The lowest BCUT2D eigenvalue weighted by molar-refractivity contribution is -0.123. The number of nitrogens with zero attached hydrogens (tertiary/aromatic N) is 3. The number of rotatable bonds is 7. The Bertz CT molecular complexity index is 1130. The largest absolute Gasteiger partial charge is 0.462 e. The van der Waals surface area contributed by atoms with Crippen LogP contribution in [0.5, 0.6) is 0 Å². The highest BCUT2D eigenvalue weighted by Crippen LogP contribution is 2.34. The van der Waals surface area contributed by atoms with E-state index in [9.17, 15) is 9.59 Å². The van der Waals surface area contributed by atoms with E-state index in [1.54, 1.807) is 34.0 Å². The summed E-state index contributed by atoms with van der Waals surface area (Å²) >= 11 is 1.59. The van der Waals surface area contributed by atoms with Crippen LogP contribution in [-0.2, 0) is 9.53 Å². The number of amides is 1. The number of carbonyl (C=O) groups excluding carboxylic acids is 2. The molecular formula is C27H33N3O3S. The van der Waals surface area contributed by atoms with Crippen molar-refractivity contribution in [2.24, 2.45) is 11.8 Å². The van der Waals surface area contributed by atoms with Crippen LogP contribution in [0, 0.1) is 11.8 Å². The third-order valence-electron chi connectivity index (χ3n) is 6.41. The van der Waals surface area contributed by atoms with Gasteiger partial charge in [-0.05, 0) is 70.1 Å². The number of benzene rings is 1. The number of anilines is 1. The second-order valence-electron chi connectivity index (χ2n) is 9.29. The molecule has 1 amide bonds. The average Bonchev–Trinajstić information content (AvgIpc) is 3.48. The molecule has 1 aliphatic carbocycles. The van der Waals surface area contributed by atoms with Gasteiger partial charge < -0.3 is 4.74 Å². The molecule has 0 saturated heterocycles. The summed E-state index contributed by atoms with van der Waals surface area (Å²) in [6.45, 7) is 8.22. The number of hydrogen-bond acceptors (Lipinski definition) is 5. The normalized spacial score (nSPS) is 18.1. The van der Waals surface area contributed by atoms with Crippen LogP contribution < -0.4 is 4.90 Å². The highest BCUT2D eigenvalue weighted by Gasteiger charge is 2.34. The molecule has 7 heteroatoms. The molecule has 34 heavy (non-hydrogen) atoms. The van der Waals surface area contributed by atoms with Crippen LogP contribution >= 0.6 is 11.3 Å². The molecule has 2 aromatic heterocycles.